The van der Waals surface area contributed by atoms with Crippen molar-refractivity contribution in [2.24, 2.45) is 5.73 Å². The number of hydrogen-bond acceptors (Lipinski definition) is 4. The molecule has 1 fully saturated rings. The smallest absolute Gasteiger partial charge is 0.0950 e. The Hall–Kier alpha value is -0.160. The van der Waals surface area contributed by atoms with Gasteiger partial charge in [-0.05, 0) is 12.8 Å². The fourth-order valence-corrected chi connectivity index (χ4v) is 1.38. The summed E-state index contributed by atoms with van der Waals surface area (Å²) in [6.07, 6.45) is -0.911. The molecule has 4 nitrogen and oxygen atoms in total. The van der Waals surface area contributed by atoms with Gasteiger partial charge in [-0.2, -0.15) is 0 Å². The number of aliphatic hydroxyl groups excluding tert-OH is 3. The molecule has 0 radical (unpaired) electrons. The Morgan fingerprint density at radius 1 is 1.09 bits per heavy atom. The molecule has 0 aromatic carbocycles. The van der Waals surface area contributed by atoms with Gasteiger partial charge in [0.25, 0.3) is 0 Å². The molecule has 1 saturated carbocycles. The molecule has 1 aliphatic carbocycles. The van der Waals surface area contributed by atoms with Crippen molar-refractivity contribution in [3.63, 3.8) is 0 Å². The first-order chi connectivity index (χ1) is 5.11. The van der Waals surface area contributed by atoms with E-state index < -0.39 is 24.4 Å². The number of nitrogens with two attached hydrogens (primary N) is 1. The lowest BCUT2D eigenvalue weighted by Crippen LogP contribution is -2.41. The lowest BCUT2D eigenvalue weighted by molar-refractivity contribution is -0.00867. The van der Waals surface area contributed by atoms with Gasteiger partial charge in [0.1, 0.15) is 0 Å². The topological polar surface area (TPSA) is 86.7 Å². The van der Waals surface area contributed by atoms with E-state index in [2.05, 4.69) is 0 Å². The molecule has 1 rings (SSSR count). The molecule has 0 aromatic rings. The highest BCUT2D eigenvalue weighted by atomic mass is 16.3. The van der Waals surface area contributed by atoms with Crippen molar-refractivity contribution in [2.45, 2.75) is 43.6 Å². The highest BCUT2D eigenvalue weighted by Crippen LogP contribution is 2.17. The van der Waals surface area contributed by atoms with Crippen molar-refractivity contribution >= 4 is 0 Å². The van der Waals surface area contributed by atoms with E-state index in [4.69, 9.17) is 10.8 Å². The average Bonchev–Trinajstić information content (AvgIpc) is 2.05. The molecule has 11 heavy (non-hydrogen) atoms. The molecule has 4 unspecified atom stereocenters. The average molecular weight is 161 g/mol. The summed E-state index contributed by atoms with van der Waals surface area (Å²) in [7, 11) is 0. The van der Waals surface area contributed by atoms with Gasteiger partial charge in [-0.3, -0.25) is 0 Å². The van der Waals surface area contributed by atoms with Crippen LogP contribution in [0.25, 0.3) is 0 Å². The Bertz CT molecular complexity index is 131. The summed E-state index contributed by atoms with van der Waals surface area (Å²) in [4.78, 5) is 0. The third kappa shape index (κ3) is 2.13. The summed E-state index contributed by atoms with van der Waals surface area (Å²) < 4.78 is 0. The Balaban J connectivity index is 2.53. The standard InChI is InChI=1S/C7H15NO3/c8-5-2-1-4(9)3-6(10)7(5)11/h4-7,9-11H,1-3,8H2. The van der Waals surface area contributed by atoms with Gasteiger partial charge in [0.15, 0.2) is 0 Å². The molecule has 0 heterocycles. The highest BCUT2D eigenvalue weighted by Gasteiger charge is 2.29. The fraction of sp³-hybridized carbons (Fsp3) is 1.00. The van der Waals surface area contributed by atoms with Crippen molar-refractivity contribution in [2.75, 3.05) is 0 Å². The van der Waals surface area contributed by atoms with Crippen LogP contribution < -0.4 is 5.73 Å². The lowest BCUT2D eigenvalue weighted by atomic mass is 10.1. The maximum atomic E-state index is 9.26. The molecule has 1 aliphatic rings. The van der Waals surface area contributed by atoms with E-state index >= 15 is 0 Å². The SMILES string of the molecule is NC1CCC(O)CC(O)C1O. The summed E-state index contributed by atoms with van der Waals surface area (Å²) >= 11 is 0. The minimum absolute atomic E-state index is 0.231. The van der Waals surface area contributed by atoms with Crippen LogP contribution in [0.2, 0.25) is 0 Å². The van der Waals surface area contributed by atoms with Crippen LogP contribution in [-0.4, -0.2) is 39.7 Å². The first kappa shape index (κ1) is 8.93. The van der Waals surface area contributed by atoms with Crippen LogP contribution in [0.1, 0.15) is 19.3 Å². The van der Waals surface area contributed by atoms with E-state index in [0.717, 1.165) is 0 Å². The molecular formula is C7H15NO3. The first-order valence-corrected chi connectivity index (χ1v) is 3.91. The zero-order valence-corrected chi connectivity index (χ0v) is 6.35. The maximum Gasteiger partial charge on any atom is 0.0950 e. The van der Waals surface area contributed by atoms with Crippen molar-refractivity contribution in [1.29, 1.82) is 0 Å². The van der Waals surface area contributed by atoms with Gasteiger partial charge in [0.2, 0.25) is 0 Å². The van der Waals surface area contributed by atoms with E-state index in [1.807, 2.05) is 0 Å². The van der Waals surface area contributed by atoms with Crippen molar-refractivity contribution in [1.82, 2.24) is 0 Å². The first-order valence-electron chi connectivity index (χ1n) is 3.91. The molecule has 0 bridgehead atoms. The van der Waals surface area contributed by atoms with Crippen LogP contribution in [0, 0.1) is 0 Å². The summed E-state index contributed by atoms with van der Waals surface area (Å²) in [6.45, 7) is 0. The maximum absolute atomic E-state index is 9.26. The van der Waals surface area contributed by atoms with Crippen LogP contribution >= 0.6 is 0 Å². The zero-order valence-electron chi connectivity index (χ0n) is 6.35. The third-order valence-corrected chi connectivity index (χ3v) is 2.18. The predicted molar refractivity (Wildman–Crippen MR) is 39.8 cm³/mol. The normalized spacial score (nSPS) is 46.9. The van der Waals surface area contributed by atoms with Gasteiger partial charge >= 0.3 is 0 Å². The van der Waals surface area contributed by atoms with E-state index in [1.54, 1.807) is 0 Å². The molecule has 0 saturated heterocycles. The molecule has 0 aliphatic heterocycles. The zero-order chi connectivity index (χ0) is 8.43. The van der Waals surface area contributed by atoms with Gasteiger partial charge in [0, 0.05) is 12.5 Å². The van der Waals surface area contributed by atoms with Crippen LogP contribution in [0.4, 0.5) is 0 Å². The number of aliphatic hydroxyl groups is 3. The summed E-state index contributed by atoms with van der Waals surface area (Å²) in [5.74, 6) is 0. The van der Waals surface area contributed by atoms with Gasteiger partial charge in [-0.15, -0.1) is 0 Å². The second-order valence-corrected chi connectivity index (χ2v) is 3.19. The minimum atomic E-state index is -0.882. The molecule has 0 amide bonds. The van der Waals surface area contributed by atoms with Crippen LogP contribution in [0.5, 0.6) is 0 Å². The van der Waals surface area contributed by atoms with E-state index in [-0.39, 0.29) is 6.42 Å². The van der Waals surface area contributed by atoms with E-state index in [9.17, 15) is 10.2 Å². The lowest BCUT2D eigenvalue weighted by Gasteiger charge is -2.19. The van der Waals surface area contributed by atoms with Gasteiger partial charge < -0.3 is 21.1 Å². The van der Waals surface area contributed by atoms with Crippen LogP contribution in [0.15, 0.2) is 0 Å². The molecule has 5 N–H and O–H groups in total. The molecular weight excluding hydrogens is 146 g/mol. The molecule has 0 spiro atoms. The molecule has 66 valence electrons. The fourth-order valence-electron chi connectivity index (χ4n) is 1.38. The van der Waals surface area contributed by atoms with E-state index in [1.165, 1.54) is 0 Å². The predicted octanol–water partition coefficient (Wildman–Crippen LogP) is -1.42. The van der Waals surface area contributed by atoms with Crippen molar-refractivity contribution < 1.29 is 15.3 Å². The Morgan fingerprint density at radius 2 is 1.73 bits per heavy atom. The summed E-state index contributed by atoms with van der Waals surface area (Å²) in [6, 6.07) is -0.401. The van der Waals surface area contributed by atoms with Gasteiger partial charge in [-0.1, -0.05) is 0 Å². The number of hydrogen-bond donors (Lipinski definition) is 4. The second kappa shape index (κ2) is 3.49. The highest BCUT2D eigenvalue weighted by molar-refractivity contribution is 4.84. The van der Waals surface area contributed by atoms with E-state index in [0.29, 0.717) is 12.8 Å². The molecule has 0 aromatic heterocycles. The monoisotopic (exact) mass is 161 g/mol. The van der Waals surface area contributed by atoms with Crippen LogP contribution in [-0.2, 0) is 0 Å². The Labute approximate surface area is 65.6 Å². The minimum Gasteiger partial charge on any atom is -0.393 e. The van der Waals surface area contributed by atoms with Crippen molar-refractivity contribution in [3.8, 4) is 0 Å². The quantitative estimate of drug-likeness (QED) is 0.328. The van der Waals surface area contributed by atoms with Gasteiger partial charge in [0.05, 0.1) is 18.3 Å². The Kier molecular flexibility index (Phi) is 2.84. The third-order valence-electron chi connectivity index (χ3n) is 2.18. The van der Waals surface area contributed by atoms with Crippen molar-refractivity contribution in [3.05, 3.63) is 0 Å². The second-order valence-electron chi connectivity index (χ2n) is 3.19. The Morgan fingerprint density at radius 3 is 2.36 bits per heavy atom. The molecule has 4 atom stereocenters. The summed E-state index contributed by atoms with van der Waals surface area (Å²) in [5.41, 5.74) is 5.51. The number of rotatable bonds is 0. The molecule has 4 heteroatoms. The van der Waals surface area contributed by atoms with Gasteiger partial charge in [-0.25, -0.2) is 0 Å². The summed E-state index contributed by atoms with van der Waals surface area (Å²) in [5, 5.41) is 27.6. The van der Waals surface area contributed by atoms with Crippen LogP contribution in [0.3, 0.4) is 0 Å². The largest absolute Gasteiger partial charge is 0.393 e.